The van der Waals surface area contributed by atoms with Crippen molar-refractivity contribution in [3.63, 3.8) is 0 Å². The second-order valence-corrected chi connectivity index (χ2v) is 8.17. The second-order valence-electron chi connectivity index (χ2n) is 8.17. The number of carboxylic acid groups (broad SMARTS) is 1. The van der Waals surface area contributed by atoms with Crippen LogP contribution in [-0.2, 0) is 11.3 Å². The Morgan fingerprint density at radius 2 is 1.94 bits per heavy atom. The first-order valence-corrected chi connectivity index (χ1v) is 10.6. The van der Waals surface area contributed by atoms with Gasteiger partial charge in [0, 0.05) is 18.7 Å². The smallest absolute Gasteiger partial charge is 0.326 e. The molecule has 0 saturated heterocycles. The van der Waals surface area contributed by atoms with E-state index >= 15 is 0 Å². The Kier molecular flexibility index (Phi) is 6.54. The van der Waals surface area contributed by atoms with Crippen molar-refractivity contribution in [3.05, 3.63) is 65.8 Å². The van der Waals surface area contributed by atoms with E-state index in [0.29, 0.717) is 11.4 Å². The van der Waals surface area contributed by atoms with Crippen LogP contribution in [-0.4, -0.2) is 49.1 Å². The van der Waals surface area contributed by atoms with Gasteiger partial charge in [-0.2, -0.15) is 5.10 Å². The predicted octanol–water partition coefficient (Wildman–Crippen LogP) is 4.01. The zero-order valence-corrected chi connectivity index (χ0v) is 19.0. The van der Waals surface area contributed by atoms with Crippen molar-refractivity contribution in [2.24, 2.45) is 5.92 Å². The Morgan fingerprint density at radius 1 is 1.17 bits per heavy atom. The third-order valence-electron chi connectivity index (χ3n) is 5.42. The number of anilines is 1. The van der Waals surface area contributed by atoms with Crippen LogP contribution < -0.4 is 4.90 Å². The van der Waals surface area contributed by atoms with E-state index in [2.05, 4.69) is 20.2 Å². The third kappa shape index (κ3) is 4.72. The summed E-state index contributed by atoms with van der Waals surface area (Å²) < 4.78 is 48.9. The van der Waals surface area contributed by atoms with Gasteiger partial charge >= 0.3 is 5.97 Å². The largest absolute Gasteiger partial charge is 0.480 e. The van der Waals surface area contributed by atoms with Crippen LogP contribution in [0.1, 0.15) is 19.4 Å². The number of hydrogen-bond donors (Lipinski definition) is 1. The minimum absolute atomic E-state index is 0.00403. The minimum Gasteiger partial charge on any atom is -0.480 e. The van der Waals surface area contributed by atoms with E-state index in [-0.39, 0.29) is 35.4 Å². The maximum absolute atomic E-state index is 14.6. The zero-order chi connectivity index (χ0) is 25.3. The summed E-state index contributed by atoms with van der Waals surface area (Å²) in [7, 11) is 1.43. The average molecular weight is 486 g/mol. The van der Waals surface area contributed by atoms with Gasteiger partial charge in [0.05, 0.1) is 18.4 Å². The monoisotopic (exact) mass is 486 g/mol. The van der Waals surface area contributed by atoms with Crippen molar-refractivity contribution in [2.45, 2.75) is 26.4 Å². The van der Waals surface area contributed by atoms with Crippen molar-refractivity contribution < 1.29 is 27.6 Å². The lowest BCUT2D eigenvalue weighted by atomic mass is 10.0. The number of likely N-dealkylation sites (N-methyl/N-ethyl adjacent to an activating group) is 1. The molecule has 182 valence electrons. The van der Waals surface area contributed by atoms with Crippen molar-refractivity contribution >= 4 is 11.8 Å². The molecule has 0 fully saturated rings. The van der Waals surface area contributed by atoms with Gasteiger partial charge in [-0.3, -0.25) is 4.68 Å². The molecule has 0 spiro atoms. The number of nitrogens with zero attached hydrogens (tertiary/aromatic N) is 6. The summed E-state index contributed by atoms with van der Waals surface area (Å²) >= 11 is 0. The number of hydrogen-bond acceptors (Lipinski definition) is 7. The van der Waals surface area contributed by atoms with E-state index in [0.717, 1.165) is 12.3 Å². The van der Waals surface area contributed by atoms with Gasteiger partial charge in [-0.15, -0.1) is 0 Å². The van der Waals surface area contributed by atoms with Gasteiger partial charge in [0.15, 0.2) is 29.1 Å². The fourth-order valence-corrected chi connectivity index (χ4v) is 3.79. The van der Waals surface area contributed by atoms with Gasteiger partial charge in [0.25, 0.3) is 0 Å². The highest BCUT2D eigenvalue weighted by Gasteiger charge is 2.29. The number of aliphatic carboxylic acids is 1. The Balaban J connectivity index is 1.78. The molecule has 9 nitrogen and oxygen atoms in total. The summed E-state index contributed by atoms with van der Waals surface area (Å²) in [5, 5.41) is 17.9. The van der Waals surface area contributed by atoms with Crippen molar-refractivity contribution in [3.8, 4) is 22.9 Å². The highest BCUT2D eigenvalue weighted by atomic mass is 19.2. The molecule has 0 radical (unpaired) electrons. The molecule has 1 atom stereocenters. The summed E-state index contributed by atoms with van der Waals surface area (Å²) in [6.07, 6.45) is 2.27. The van der Waals surface area contributed by atoms with Crippen LogP contribution in [0.2, 0.25) is 0 Å². The summed E-state index contributed by atoms with van der Waals surface area (Å²) in [5.41, 5.74) is 0.994. The quantitative estimate of drug-likeness (QED) is 0.398. The molecule has 0 aliphatic rings. The van der Waals surface area contributed by atoms with E-state index in [1.54, 1.807) is 26.0 Å². The van der Waals surface area contributed by atoms with Crippen LogP contribution in [0.25, 0.3) is 22.9 Å². The topological polar surface area (TPSA) is 110 Å². The number of benzene rings is 1. The molecule has 3 aromatic heterocycles. The van der Waals surface area contributed by atoms with Crippen molar-refractivity contribution in [1.82, 2.24) is 24.9 Å². The Bertz CT molecular complexity index is 1360. The van der Waals surface area contributed by atoms with Crippen LogP contribution in [0.5, 0.6) is 0 Å². The van der Waals surface area contributed by atoms with Gasteiger partial charge in [0.1, 0.15) is 23.7 Å². The zero-order valence-electron chi connectivity index (χ0n) is 19.0. The number of carbonyl (C=O) groups is 1. The van der Waals surface area contributed by atoms with Crippen LogP contribution in [0.4, 0.5) is 19.0 Å². The molecule has 35 heavy (non-hydrogen) atoms. The first-order valence-electron chi connectivity index (χ1n) is 10.6. The van der Waals surface area contributed by atoms with Gasteiger partial charge in [-0.1, -0.05) is 31.1 Å². The Hall–Kier alpha value is -4.22. The van der Waals surface area contributed by atoms with Gasteiger partial charge in [0.2, 0.25) is 0 Å². The van der Waals surface area contributed by atoms with Gasteiger partial charge < -0.3 is 14.5 Å². The van der Waals surface area contributed by atoms with E-state index < -0.39 is 29.5 Å². The number of rotatable bonds is 8. The van der Waals surface area contributed by atoms with Crippen molar-refractivity contribution in [1.29, 1.82) is 0 Å². The second kappa shape index (κ2) is 9.57. The fourth-order valence-electron chi connectivity index (χ4n) is 3.79. The minimum atomic E-state index is -1.13. The Labute approximate surface area is 197 Å². The third-order valence-corrected chi connectivity index (χ3v) is 5.42. The first kappa shape index (κ1) is 23.9. The number of carboxylic acids is 1. The summed E-state index contributed by atoms with van der Waals surface area (Å²) in [5.74, 6) is -4.49. The molecule has 4 rings (SSSR count). The van der Waals surface area contributed by atoms with Crippen LogP contribution in [0.15, 0.2) is 47.3 Å². The summed E-state index contributed by atoms with van der Waals surface area (Å²) in [6, 6.07) is 5.88. The fraction of sp³-hybridized carbons (Fsp3) is 0.261. The van der Waals surface area contributed by atoms with Gasteiger partial charge in [-0.05, 0) is 18.1 Å². The highest BCUT2D eigenvalue weighted by molar-refractivity contribution is 5.78. The lowest BCUT2D eigenvalue weighted by Crippen LogP contribution is -2.43. The molecule has 1 aromatic carbocycles. The Morgan fingerprint density at radius 3 is 2.60 bits per heavy atom. The molecule has 0 aliphatic carbocycles. The summed E-state index contributed by atoms with van der Waals surface area (Å²) in [4.78, 5) is 21.2. The number of halogens is 3. The predicted molar refractivity (Wildman–Crippen MR) is 119 cm³/mol. The molecule has 3 heterocycles. The lowest BCUT2D eigenvalue weighted by molar-refractivity contribution is -0.139. The van der Waals surface area contributed by atoms with Crippen LogP contribution in [0, 0.1) is 23.4 Å². The molecular weight excluding hydrogens is 465 g/mol. The molecule has 0 bridgehead atoms. The molecule has 0 amide bonds. The number of aromatic nitrogens is 5. The van der Waals surface area contributed by atoms with E-state index in [9.17, 15) is 23.1 Å². The van der Waals surface area contributed by atoms with E-state index in [4.69, 9.17) is 4.52 Å². The molecule has 0 aliphatic heterocycles. The molecule has 12 heteroatoms. The standard InChI is InChI=1S/C23H21F3N6O3/c1-12(2)20(23(33)34)31(3)22-15(25)10-27-21(28-22)17-9-18(16-7-8-35-30-16)32(29-17)11-13-5-4-6-14(24)19(13)26/h4-10,12,20H,11H2,1-3H3,(H,33,34). The molecule has 4 aromatic rings. The van der Waals surface area contributed by atoms with Crippen molar-refractivity contribution in [2.75, 3.05) is 11.9 Å². The molecular formula is C23H21F3N6O3. The average Bonchev–Trinajstić information content (AvgIpc) is 3.47. The maximum Gasteiger partial charge on any atom is 0.326 e. The molecule has 0 saturated carbocycles. The molecule has 1 N–H and O–H groups in total. The van der Waals surface area contributed by atoms with Crippen LogP contribution in [0.3, 0.4) is 0 Å². The molecule has 1 unspecified atom stereocenters. The van der Waals surface area contributed by atoms with Crippen LogP contribution >= 0.6 is 0 Å². The van der Waals surface area contributed by atoms with E-state index in [1.807, 2.05) is 0 Å². The summed E-state index contributed by atoms with van der Waals surface area (Å²) in [6.45, 7) is 3.26. The first-order chi connectivity index (χ1) is 16.7. The van der Waals surface area contributed by atoms with Gasteiger partial charge in [-0.25, -0.2) is 27.9 Å². The lowest BCUT2D eigenvalue weighted by Gasteiger charge is -2.28. The normalized spacial score (nSPS) is 12.2. The van der Waals surface area contributed by atoms with E-state index in [1.165, 1.54) is 35.0 Å². The SMILES string of the molecule is CC(C)C(C(=O)O)N(C)c1nc(-c2cc(-c3ccon3)n(Cc3cccc(F)c3F)n2)ncc1F. The maximum atomic E-state index is 14.6. The highest BCUT2D eigenvalue weighted by Crippen LogP contribution is 2.28.